The molecule has 7 nitrogen and oxygen atoms in total. The van der Waals surface area contributed by atoms with Gasteiger partial charge in [0.25, 0.3) is 5.91 Å². The maximum absolute atomic E-state index is 12.5. The molecular weight excluding hydrogens is 396 g/mol. The zero-order valence-corrected chi connectivity index (χ0v) is 16.6. The van der Waals surface area contributed by atoms with Crippen LogP contribution in [0.15, 0.2) is 29.2 Å². The maximum atomic E-state index is 12.5. The first-order valence-electron chi connectivity index (χ1n) is 8.21. The molecule has 0 bridgehead atoms. The molecule has 1 aliphatic heterocycles. The van der Waals surface area contributed by atoms with Crippen LogP contribution >= 0.6 is 23.1 Å². The number of halogens is 1. The van der Waals surface area contributed by atoms with Gasteiger partial charge in [0.05, 0.1) is 10.7 Å². The number of nitrogens with zero attached hydrogens (tertiary/aromatic N) is 3. The van der Waals surface area contributed by atoms with Gasteiger partial charge in [-0.1, -0.05) is 28.2 Å². The first kappa shape index (κ1) is 19.2. The zero-order valence-electron chi connectivity index (χ0n) is 14.2. The van der Waals surface area contributed by atoms with E-state index in [-0.39, 0.29) is 21.7 Å². The predicted molar refractivity (Wildman–Crippen MR) is 99.9 cm³/mol. The molecule has 2 heterocycles. The summed E-state index contributed by atoms with van der Waals surface area (Å²) in [7, 11) is -3.64. The van der Waals surface area contributed by atoms with Gasteiger partial charge < -0.3 is 4.90 Å². The second kappa shape index (κ2) is 7.99. The van der Waals surface area contributed by atoms with Crippen LogP contribution in [0.5, 0.6) is 0 Å². The molecule has 0 aliphatic carbocycles. The highest BCUT2D eigenvalue weighted by molar-refractivity contribution is 7.89. The van der Waals surface area contributed by atoms with E-state index >= 15 is 0 Å². The molecule has 1 N–H and O–H groups in total. The topological polar surface area (TPSA) is 92.3 Å². The summed E-state index contributed by atoms with van der Waals surface area (Å²) >= 11 is 7.08. The van der Waals surface area contributed by atoms with E-state index in [0.717, 1.165) is 24.4 Å². The number of aromatic nitrogens is 2. The van der Waals surface area contributed by atoms with Crippen molar-refractivity contribution in [2.75, 3.05) is 19.6 Å². The van der Waals surface area contributed by atoms with Crippen LogP contribution in [0.25, 0.3) is 0 Å². The Balaban J connectivity index is 1.54. The Bertz CT molecular complexity index is 892. The van der Waals surface area contributed by atoms with Crippen molar-refractivity contribution < 1.29 is 13.2 Å². The van der Waals surface area contributed by atoms with Crippen molar-refractivity contribution in [1.29, 1.82) is 0 Å². The van der Waals surface area contributed by atoms with Crippen LogP contribution < -0.4 is 4.72 Å². The SMILES string of the molecule is Cc1nnsc1C(=O)N1CCC(CNS(=O)(=O)c2ccccc2Cl)CC1. The van der Waals surface area contributed by atoms with E-state index in [4.69, 9.17) is 11.6 Å². The molecule has 1 aromatic heterocycles. The Hall–Kier alpha value is -1.55. The number of nitrogens with one attached hydrogen (secondary N) is 1. The molecule has 1 amide bonds. The lowest BCUT2D eigenvalue weighted by Gasteiger charge is -2.31. The summed E-state index contributed by atoms with van der Waals surface area (Å²) < 4.78 is 31.2. The molecule has 0 unspecified atom stereocenters. The fourth-order valence-electron chi connectivity index (χ4n) is 2.88. The molecular formula is C16H19ClN4O3S2. The van der Waals surface area contributed by atoms with Crippen molar-refractivity contribution in [2.24, 2.45) is 5.92 Å². The molecule has 140 valence electrons. The summed E-state index contributed by atoms with van der Waals surface area (Å²) in [6.07, 6.45) is 1.48. The number of carbonyl (C=O) groups excluding carboxylic acids is 1. The number of sulfonamides is 1. The first-order chi connectivity index (χ1) is 12.4. The van der Waals surface area contributed by atoms with E-state index < -0.39 is 10.0 Å². The van der Waals surface area contributed by atoms with Crippen molar-refractivity contribution in [3.63, 3.8) is 0 Å². The lowest BCUT2D eigenvalue weighted by Crippen LogP contribution is -2.41. The minimum Gasteiger partial charge on any atom is -0.338 e. The van der Waals surface area contributed by atoms with Gasteiger partial charge >= 0.3 is 0 Å². The Morgan fingerprint density at radius 2 is 2.04 bits per heavy atom. The van der Waals surface area contributed by atoms with Gasteiger partial charge in [0.1, 0.15) is 9.77 Å². The van der Waals surface area contributed by atoms with Crippen molar-refractivity contribution in [2.45, 2.75) is 24.7 Å². The highest BCUT2D eigenvalue weighted by atomic mass is 35.5. The van der Waals surface area contributed by atoms with Crippen molar-refractivity contribution in [3.05, 3.63) is 39.9 Å². The van der Waals surface area contributed by atoms with Gasteiger partial charge in [0.15, 0.2) is 0 Å². The number of piperidine rings is 1. The Morgan fingerprint density at radius 1 is 1.35 bits per heavy atom. The monoisotopic (exact) mass is 414 g/mol. The quantitative estimate of drug-likeness (QED) is 0.810. The number of amides is 1. The van der Waals surface area contributed by atoms with E-state index in [1.807, 2.05) is 0 Å². The number of aryl methyl sites for hydroxylation is 1. The average molecular weight is 415 g/mol. The lowest BCUT2D eigenvalue weighted by molar-refractivity contribution is 0.0696. The number of benzene rings is 1. The summed E-state index contributed by atoms with van der Waals surface area (Å²) in [5.41, 5.74) is 0.648. The van der Waals surface area contributed by atoms with Gasteiger partial charge in [0, 0.05) is 19.6 Å². The number of hydrogen-bond donors (Lipinski definition) is 1. The van der Waals surface area contributed by atoms with Gasteiger partial charge in [-0.15, -0.1) is 5.10 Å². The van der Waals surface area contributed by atoms with Gasteiger partial charge in [-0.3, -0.25) is 4.79 Å². The molecule has 2 aromatic rings. The van der Waals surface area contributed by atoms with Crippen LogP contribution in [-0.4, -0.2) is 48.4 Å². The molecule has 0 atom stereocenters. The largest absolute Gasteiger partial charge is 0.338 e. The van der Waals surface area contributed by atoms with Gasteiger partial charge in [-0.25, -0.2) is 13.1 Å². The fraction of sp³-hybridized carbons (Fsp3) is 0.438. The summed E-state index contributed by atoms with van der Waals surface area (Å²) in [4.78, 5) is 14.9. The highest BCUT2D eigenvalue weighted by Crippen LogP contribution is 2.23. The smallest absolute Gasteiger partial charge is 0.267 e. The number of rotatable bonds is 5. The maximum Gasteiger partial charge on any atom is 0.267 e. The van der Waals surface area contributed by atoms with Gasteiger partial charge in [-0.2, -0.15) is 0 Å². The molecule has 0 saturated carbocycles. The molecule has 1 saturated heterocycles. The Kier molecular flexibility index (Phi) is 5.91. The molecule has 3 rings (SSSR count). The van der Waals surface area contributed by atoms with Crippen molar-refractivity contribution in [1.82, 2.24) is 19.2 Å². The van der Waals surface area contributed by atoms with E-state index in [0.29, 0.717) is 30.2 Å². The average Bonchev–Trinajstić information content (AvgIpc) is 3.06. The standard InChI is InChI=1S/C16H19ClN4O3S2/c1-11-15(25-20-19-11)16(22)21-8-6-12(7-9-21)10-18-26(23,24)14-5-3-2-4-13(14)17/h2-5,12,18H,6-10H2,1H3. The molecule has 10 heteroatoms. The third kappa shape index (κ3) is 4.22. The summed E-state index contributed by atoms with van der Waals surface area (Å²) in [5.74, 6) is 0.129. The highest BCUT2D eigenvalue weighted by Gasteiger charge is 2.27. The number of carbonyl (C=O) groups is 1. The van der Waals surface area contributed by atoms with E-state index in [1.165, 1.54) is 6.07 Å². The number of likely N-dealkylation sites (tertiary alicyclic amines) is 1. The van der Waals surface area contributed by atoms with Crippen LogP contribution in [0, 0.1) is 12.8 Å². The molecule has 0 radical (unpaired) electrons. The molecule has 1 fully saturated rings. The summed E-state index contributed by atoms with van der Waals surface area (Å²) in [6.45, 7) is 3.28. The summed E-state index contributed by atoms with van der Waals surface area (Å²) in [5, 5.41) is 4.08. The molecule has 0 spiro atoms. The summed E-state index contributed by atoms with van der Waals surface area (Å²) in [6, 6.07) is 6.36. The van der Waals surface area contributed by atoms with Crippen LogP contribution in [0.4, 0.5) is 0 Å². The van der Waals surface area contributed by atoms with Gasteiger partial charge in [0.2, 0.25) is 10.0 Å². The van der Waals surface area contributed by atoms with Crippen LogP contribution in [0.2, 0.25) is 5.02 Å². The third-order valence-corrected chi connectivity index (χ3v) is 7.18. The van der Waals surface area contributed by atoms with E-state index in [2.05, 4.69) is 14.3 Å². The first-order valence-corrected chi connectivity index (χ1v) is 10.8. The molecule has 26 heavy (non-hydrogen) atoms. The minimum absolute atomic E-state index is 0.0485. The minimum atomic E-state index is -3.64. The Labute approximate surface area is 161 Å². The van der Waals surface area contributed by atoms with Crippen LogP contribution in [0.3, 0.4) is 0 Å². The third-order valence-electron chi connectivity index (χ3n) is 4.44. The normalized spacial score (nSPS) is 16.0. The second-order valence-electron chi connectivity index (χ2n) is 6.21. The van der Waals surface area contributed by atoms with Crippen molar-refractivity contribution in [3.8, 4) is 0 Å². The number of hydrogen-bond acceptors (Lipinski definition) is 6. The van der Waals surface area contributed by atoms with Gasteiger partial charge in [-0.05, 0) is 49.3 Å². The Morgan fingerprint density at radius 3 is 2.65 bits per heavy atom. The van der Waals surface area contributed by atoms with E-state index in [9.17, 15) is 13.2 Å². The molecule has 1 aromatic carbocycles. The predicted octanol–water partition coefficient (Wildman–Crippen LogP) is 2.33. The van der Waals surface area contributed by atoms with E-state index in [1.54, 1.807) is 30.0 Å². The van der Waals surface area contributed by atoms with Crippen LogP contribution in [-0.2, 0) is 10.0 Å². The lowest BCUT2D eigenvalue weighted by atomic mass is 9.97. The second-order valence-corrected chi connectivity index (χ2v) is 9.10. The fourth-order valence-corrected chi connectivity index (χ4v) is 5.14. The molecule has 1 aliphatic rings. The van der Waals surface area contributed by atoms with Crippen LogP contribution in [0.1, 0.15) is 28.2 Å². The zero-order chi connectivity index (χ0) is 18.7. The van der Waals surface area contributed by atoms with Crippen molar-refractivity contribution >= 4 is 39.1 Å².